The number of nitrogens with one attached hydrogen (secondary N) is 1. The van der Waals surface area contributed by atoms with Crippen LogP contribution in [0.1, 0.15) is 0 Å². The third-order valence-electron chi connectivity index (χ3n) is 1.89. The molecule has 1 aromatic heterocycles. The van der Waals surface area contributed by atoms with Gasteiger partial charge >= 0.3 is 0 Å². The molecule has 14 heavy (non-hydrogen) atoms. The summed E-state index contributed by atoms with van der Waals surface area (Å²) in [6.07, 6.45) is 0. The molecule has 0 saturated heterocycles. The zero-order chi connectivity index (χ0) is 10.5. The number of fused-ring (bicyclic) bond motifs is 1. The Morgan fingerprint density at radius 1 is 1.00 bits per heavy atom. The molecule has 6 heteroatoms. The van der Waals surface area contributed by atoms with Crippen molar-refractivity contribution in [2.75, 3.05) is 5.73 Å². The van der Waals surface area contributed by atoms with Crippen molar-refractivity contribution < 1.29 is 0 Å². The topological polar surface area (TPSA) is 41.8 Å². The molecule has 0 fully saturated rings. The minimum absolute atomic E-state index is 0.279. The van der Waals surface area contributed by atoms with Crippen molar-refractivity contribution in [3.05, 3.63) is 26.2 Å². The fourth-order valence-electron chi connectivity index (χ4n) is 1.24. The number of benzene rings is 1. The highest BCUT2D eigenvalue weighted by molar-refractivity contribution is 6.52. The molecule has 2 aromatic rings. The summed E-state index contributed by atoms with van der Waals surface area (Å²) < 4.78 is 0. The molecule has 0 radical (unpaired) electrons. The van der Waals surface area contributed by atoms with Crippen LogP contribution in [0.2, 0.25) is 20.1 Å². The molecule has 0 aliphatic rings. The van der Waals surface area contributed by atoms with Gasteiger partial charge in [-0.05, 0) is 6.07 Å². The Bertz CT molecular complexity index is 518. The molecule has 0 atom stereocenters. The number of hydrogen-bond acceptors (Lipinski definition) is 1. The lowest BCUT2D eigenvalue weighted by Gasteiger charge is -2.00. The van der Waals surface area contributed by atoms with Gasteiger partial charge in [-0.15, -0.1) is 0 Å². The smallest absolute Gasteiger partial charge is 0.120 e. The third kappa shape index (κ3) is 1.34. The van der Waals surface area contributed by atoms with E-state index in [2.05, 4.69) is 4.98 Å². The van der Waals surface area contributed by atoms with E-state index in [4.69, 9.17) is 52.1 Å². The van der Waals surface area contributed by atoms with E-state index in [1.165, 1.54) is 0 Å². The first-order valence-electron chi connectivity index (χ1n) is 3.62. The number of nitrogen functional groups attached to an aromatic ring is 1. The minimum Gasteiger partial charge on any atom is -0.384 e. The van der Waals surface area contributed by atoms with E-state index in [0.29, 0.717) is 31.8 Å². The number of aromatic nitrogens is 1. The maximum Gasteiger partial charge on any atom is 0.120 e. The quantitative estimate of drug-likeness (QED) is 0.686. The van der Waals surface area contributed by atoms with Crippen molar-refractivity contribution in [1.29, 1.82) is 0 Å². The third-order valence-corrected chi connectivity index (χ3v) is 3.54. The maximum atomic E-state index is 5.97. The summed E-state index contributed by atoms with van der Waals surface area (Å²) in [6.45, 7) is 0. The zero-order valence-corrected chi connectivity index (χ0v) is 9.69. The minimum atomic E-state index is 0.279. The van der Waals surface area contributed by atoms with E-state index in [1.807, 2.05) is 0 Å². The fourth-order valence-corrected chi connectivity index (χ4v) is 2.23. The second-order valence-electron chi connectivity index (χ2n) is 2.76. The lowest BCUT2D eigenvalue weighted by atomic mass is 10.2. The number of halogens is 4. The van der Waals surface area contributed by atoms with Crippen LogP contribution in [0.5, 0.6) is 0 Å². The fraction of sp³-hybridized carbons (Fsp3) is 0. The predicted octanol–water partition coefficient (Wildman–Crippen LogP) is 4.36. The highest BCUT2D eigenvalue weighted by Crippen LogP contribution is 2.41. The van der Waals surface area contributed by atoms with Crippen molar-refractivity contribution in [1.82, 2.24) is 4.98 Å². The van der Waals surface area contributed by atoms with E-state index >= 15 is 0 Å². The molecule has 3 N–H and O–H groups in total. The van der Waals surface area contributed by atoms with Crippen LogP contribution in [-0.4, -0.2) is 4.98 Å². The number of aromatic amines is 1. The highest BCUT2D eigenvalue weighted by Gasteiger charge is 2.15. The molecule has 0 amide bonds. The second kappa shape index (κ2) is 3.38. The zero-order valence-electron chi connectivity index (χ0n) is 6.67. The van der Waals surface area contributed by atoms with Gasteiger partial charge in [0.05, 0.1) is 25.6 Å². The van der Waals surface area contributed by atoms with Gasteiger partial charge in [-0.2, -0.15) is 0 Å². The van der Waals surface area contributed by atoms with Gasteiger partial charge in [0, 0.05) is 5.39 Å². The number of nitrogens with two attached hydrogens (primary N) is 1. The van der Waals surface area contributed by atoms with Gasteiger partial charge in [0.25, 0.3) is 0 Å². The van der Waals surface area contributed by atoms with Crippen molar-refractivity contribution in [3.8, 4) is 0 Å². The van der Waals surface area contributed by atoms with Crippen LogP contribution in [0.25, 0.3) is 10.9 Å². The summed E-state index contributed by atoms with van der Waals surface area (Å²) in [6, 6.07) is 1.63. The molecule has 1 aromatic carbocycles. The Balaban J connectivity index is 2.99. The summed E-state index contributed by atoms with van der Waals surface area (Å²) >= 11 is 23.6. The van der Waals surface area contributed by atoms with Crippen LogP contribution in [0.3, 0.4) is 0 Å². The molecule has 1 heterocycles. The number of hydrogen-bond donors (Lipinski definition) is 2. The molecule has 0 bridgehead atoms. The predicted molar refractivity (Wildman–Crippen MR) is 62.8 cm³/mol. The summed E-state index contributed by atoms with van der Waals surface area (Å²) in [5.74, 6) is 0.349. The number of anilines is 1. The molecule has 74 valence electrons. The van der Waals surface area contributed by atoms with Gasteiger partial charge in [0.1, 0.15) is 5.82 Å². The summed E-state index contributed by atoms with van der Waals surface area (Å²) in [5.41, 5.74) is 6.26. The van der Waals surface area contributed by atoms with Crippen molar-refractivity contribution >= 4 is 63.1 Å². The van der Waals surface area contributed by atoms with E-state index in [-0.39, 0.29) is 5.02 Å². The molecule has 0 spiro atoms. The molecule has 0 unspecified atom stereocenters. The lowest BCUT2D eigenvalue weighted by Crippen LogP contribution is -1.82. The van der Waals surface area contributed by atoms with Gasteiger partial charge in [0.15, 0.2) is 0 Å². The van der Waals surface area contributed by atoms with E-state index in [1.54, 1.807) is 6.07 Å². The first-order valence-corrected chi connectivity index (χ1v) is 5.13. The molecular weight excluding hydrogens is 266 g/mol. The van der Waals surface area contributed by atoms with Crippen LogP contribution < -0.4 is 5.73 Å². The van der Waals surface area contributed by atoms with Crippen LogP contribution >= 0.6 is 46.4 Å². The van der Waals surface area contributed by atoms with Crippen molar-refractivity contribution in [2.24, 2.45) is 0 Å². The average Bonchev–Trinajstić information content (AvgIpc) is 2.39. The Labute approximate surface area is 99.9 Å². The Morgan fingerprint density at radius 2 is 1.64 bits per heavy atom. The molecular formula is C8H4Cl4N2. The SMILES string of the molecule is Nc1[nH]c2cc(Cl)c(Cl)c(Cl)c2c1Cl. The average molecular weight is 270 g/mol. The Morgan fingerprint density at radius 3 is 2.29 bits per heavy atom. The molecule has 0 saturated carbocycles. The van der Waals surface area contributed by atoms with Crippen LogP contribution in [0, 0.1) is 0 Å². The standard InChI is InChI=1S/C8H4Cl4N2/c9-2-1-3-4(6(11)5(2)10)7(12)8(13)14-3/h1,14H,13H2. The van der Waals surface area contributed by atoms with E-state index in [0.717, 1.165) is 0 Å². The molecule has 2 nitrogen and oxygen atoms in total. The summed E-state index contributed by atoms with van der Waals surface area (Å²) in [4.78, 5) is 2.85. The Hall–Kier alpha value is -0.280. The first-order chi connectivity index (χ1) is 6.52. The molecule has 0 aliphatic heterocycles. The van der Waals surface area contributed by atoms with Crippen LogP contribution in [-0.2, 0) is 0 Å². The lowest BCUT2D eigenvalue weighted by molar-refractivity contribution is 1.47. The number of H-pyrrole nitrogens is 1. The van der Waals surface area contributed by atoms with Gasteiger partial charge in [-0.3, -0.25) is 0 Å². The normalized spacial score (nSPS) is 11.1. The van der Waals surface area contributed by atoms with Crippen molar-refractivity contribution in [2.45, 2.75) is 0 Å². The number of rotatable bonds is 0. The summed E-state index contributed by atoms with van der Waals surface area (Å²) in [5, 5.41) is 1.92. The van der Waals surface area contributed by atoms with Gasteiger partial charge in [-0.1, -0.05) is 46.4 Å². The largest absolute Gasteiger partial charge is 0.384 e. The van der Waals surface area contributed by atoms with Crippen LogP contribution in [0.4, 0.5) is 5.82 Å². The first kappa shape index (κ1) is 10.2. The molecule has 2 rings (SSSR count). The molecule has 0 aliphatic carbocycles. The monoisotopic (exact) mass is 268 g/mol. The maximum absolute atomic E-state index is 5.97. The van der Waals surface area contributed by atoms with Gasteiger partial charge < -0.3 is 10.7 Å². The van der Waals surface area contributed by atoms with Crippen molar-refractivity contribution in [3.63, 3.8) is 0 Å². The van der Waals surface area contributed by atoms with Gasteiger partial charge in [-0.25, -0.2) is 0 Å². The second-order valence-corrected chi connectivity index (χ2v) is 4.30. The van der Waals surface area contributed by atoms with E-state index < -0.39 is 0 Å². The van der Waals surface area contributed by atoms with Gasteiger partial charge in [0.2, 0.25) is 0 Å². The van der Waals surface area contributed by atoms with E-state index in [9.17, 15) is 0 Å². The van der Waals surface area contributed by atoms with Crippen LogP contribution in [0.15, 0.2) is 6.07 Å². The Kier molecular flexibility index (Phi) is 2.48. The summed E-state index contributed by atoms with van der Waals surface area (Å²) in [7, 11) is 0. The highest BCUT2D eigenvalue weighted by atomic mass is 35.5.